The van der Waals surface area contributed by atoms with Crippen molar-refractivity contribution in [3.63, 3.8) is 0 Å². The van der Waals surface area contributed by atoms with Gasteiger partial charge in [0.1, 0.15) is 0 Å². The van der Waals surface area contributed by atoms with Gasteiger partial charge in [0.2, 0.25) is 0 Å². The summed E-state index contributed by atoms with van der Waals surface area (Å²) in [6, 6.07) is 15.3. The normalized spacial score (nSPS) is 10.6. The molecule has 11 heteroatoms. The number of rotatable bonds is 8. The molecule has 3 amide bonds. The maximum atomic E-state index is 12.4. The first-order valence-electron chi connectivity index (χ1n) is 10.9. The van der Waals surface area contributed by atoms with Crippen molar-refractivity contribution in [3.05, 3.63) is 80.8 Å². The molecule has 0 saturated heterocycles. The van der Waals surface area contributed by atoms with Crippen molar-refractivity contribution in [2.24, 2.45) is 5.10 Å². The Kier molecular flexibility index (Phi) is 9.64. The topological polar surface area (TPSA) is 118 Å². The third-order valence-corrected chi connectivity index (χ3v) is 5.97. The minimum atomic E-state index is -0.961. The van der Waals surface area contributed by atoms with Gasteiger partial charge in [-0.15, -0.1) is 0 Å². The van der Waals surface area contributed by atoms with Crippen LogP contribution in [0.4, 0.5) is 11.4 Å². The fourth-order valence-electron chi connectivity index (χ4n) is 3.14. The van der Waals surface area contributed by atoms with Crippen LogP contribution in [0.5, 0.6) is 11.5 Å². The predicted molar refractivity (Wildman–Crippen MR) is 147 cm³/mol. The molecule has 192 valence electrons. The maximum absolute atomic E-state index is 12.4. The molecule has 0 aliphatic heterocycles. The summed E-state index contributed by atoms with van der Waals surface area (Å²) in [4.78, 5) is 36.5. The van der Waals surface area contributed by atoms with Crippen LogP contribution in [0.3, 0.4) is 0 Å². The third kappa shape index (κ3) is 7.80. The number of aryl methyl sites for hydroxylation is 1. The van der Waals surface area contributed by atoms with E-state index in [0.717, 1.165) is 16.8 Å². The number of benzene rings is 3. The molecule has 0 heterocycles. The summed E-state index contributed by atoms with van der Waals surface area (Å²) in [5, 5.41) is 9.49. The third-order valence-electron chi connectivity index (χ3n) is 5.15. The molecule has 3 aromatic carbocycles. The van der Waals surface area contributed by atoms with Gasteiger partial charge >= 0.3 is 11.8 Å². The lowest BCUT2D eigenvalue weighted by atomic mass is 10.1. The van der Waals surface area contributed by atoms with Crippen molar-refractivity contribution in [2.45, 2.75) is 13.8 Å². The van der Waals surface area contributed by atoms with Gasteiger partial charge in [0.05, 0.1) is 17.8 Å². The molecule has 9 nitrogen and oxygen atoms in total. The van der Waals surface area contributed by atoms with Crippen LogP contribution in [0.1, 0.15) is 16.7 Å². The second-order valence-electron chi connectivity index (χ2n) is 7.78. The number of hydrogen-bond donors (Lipinski definition) is 3. The highest BCUT2D eigenvalue weighted by atomic mass is 79.9. The second kappa shape index (κ2) is 12.9. The van der Waals surface area contributed by atoms with Crippen molar-refractivity contribution in [1.29, 1.82) is 0 Å². The SMILES string of the molecule is COc1cc(/C=N\NC(=O)C(=O)Nc2cccc(Cl)c2)cc(Br)c1OCC(=O)Nc1cccc(C)c1C. The predicted octanol–water partition coefficient (Wildman–Crippen LogP) is 4.83. The number of hydrazone groups is 1. The molecular weight excluding hydrogens is 564 g/mol. The average molecular weight is 588 g/mol. The van der Waals surface area contributed by atoms with Gasteiger partial charge < -0.3 is 20.1 Å². The highest BCUT2D eigenvalue weighted by Crippen LogP contribution is 2.36. The number of carbonyl (C=O) groups is 3. The number of nitrogens with one attached hydrogen (secondary N) is 3. The molecule has 0 radical (unpaired) electrons. The van der Waals surface area contributed by atoms with Gasteiger partial charge in [-0.1, -0.05) is 29.8 Å². The number of amides is 3. The average Bonchev–Trinajstić information content (AvgIpc) is 2.85. The van der Waals surface area contributed by atoms with Crippen molar-refractivity contribution in [3.8, 4) is 11.5 Å². The monoisotopic (exact) mass is 586 g/mol. The Hall–Kier alpha value is -3.89. The van der Waals surface area contributed by atoms with E-state index < -0.39 is 11.8 Å². The van der Waals surface area contributed by atoms with Crippen LogP contribution < -0.4 is 25.5 Å². The molecule has 0 aliphatic carbocycles. The molecule has 37 heavy (non-hydrogen) atoms. The molecule has 0 aromatic heterocycles. The molecule has 3 aromatic rings. The second-order valence-corrected chi connectivity index (χ2v) is 9.07. The summed E-state index contributed by atoms with van der Waals surface area (Å²) in [5.41, 5.74) is 5.83. The van der Waals surface area contributed by atoms with Gasteiger partial charge in [-0.25, -0.2) is 5.43 Å². The minimum absolute atomic E-state index is 0.242. The van der Waals surface area contributed by atoms with Crippen LogP contribution in [0.2, 0.25) is 5.02 Å². The lowest BCUT2D eigenvalue weighted by molar-refractivity contribution is -0.136. The van der Waals surface area contributed by atoms with Gasteiger partial charge in [-0.2, -0.15) is 5.10 Å². The van der Waals surface area contributed by atoms with Crippen molar-refractivity contribution >= 4 is 62.8 Å². The van der Waals surface area contributed by atoms with E-state index >= 15 is 0 Å². The number of halogens is 2. The van der Waals surface area contributed by atoms with Crippen LogP contribution in [-0.2, 0) is 14.4 Å². The molecule has 3 rings (SSSR count). The zero-order valence-corrected chi connectivity index (χ0v) is 22.6. The van der Waals surface area contributed by atoms with Crippen LogP contribution in [0.25, 0.3) is 0 Å². The molecule has 0 fully saturated rings. The Morgan fingerprint density at radius 2 is 1.78 bits per heavy atom. The Bertz CT molecular complexity index is 1360. The van der Waals surface area contributed by atoms with Crippen LogP contribution in [-0.4, -0.2) is 37.7 Å². The number of anilines is 2. The van der Waals surface area contributed by atoms with E-state index in [1.807, 2.05) is 32.0 Å². The summed E-state index contributed by atoms with van der Waals surface area (Å²) >= 11 is 9.27. The quantitative estimate of drug-likeness (QED) is 0.198. The fraction of sp³-hybridized carbons (Fsp3) is 0.154. The van der Waals surface area contributed by atoms with E-state index in [9.17, 15) is 14.4 Å². The van der Waals surface area contributed by atoms with Crippen molar-refractivity contribution in [2.75, 3.05) is 24.4 Å². The Morgan fingerprint density at radius 1 is 1.03 bits per heavy atom. The lowest BCUT2D eigenvalue weighted by Gasteiger charge is -2.14. The maximum Gasteiger partial charge on any atom is 0.329 e. The molecular formula is C26H24BrClN4O5. The number of ether oxygens (including phenoxy) is 2. The minimum Gasteiger partial charge on any atom is -0.493 e. The Labute approximate surface area is 227 Å². The van der Waals surface area contributed by atoms with Gasteiger partial charge in [0.15, 0.2) is 18.1 Å². The van der Waals surface area contributed by atoms with Gasteiger partial charge in [-0.05, 0) is 82.9 Å². The van der Waals surface area contributed by atoms with E-state index in [0.29, 0.717) is 32.2 Å². The molecule has 0 saturated carbocycles. The van der Waals surface area contributed by atoms with Crippen LogP contribution in [0, 0.1) is 13.8 Å². The first kappa shape index (κ1) is 27.7. The van der Waals surface area contributed by atoms with E-state index in [2.05, 4.69) is 37.1 Å². The van der Waals surface area contributed by atoms with E-state index in [-0.39, 0.29) is 12.5 Å². The number of hydrogen-bond acceptors (Lipinski definition) is 6. The summed E-state index contributed by atoms with van der Waals surface area (Å²) in [6.45, 7) is 3.66. The summed E-state index contributed by atoms with van der Waals surface area (Å²) in [7, 11) is 1.45. The molecule has 0 bridgehead atoms. The Morgan fingerprint density at radius 3 is 2.51 bits per heavy atom. The number of carbonyl (C=O) groups excluding carboxylic acids is 3. The van der Waals surface area contributed by atoms with E-state index in [4.69, 9.17) is 21.1 Å². The first-order valence-corrected chi connectivity index (χ1v) is 12.1. The molecule has 0 atom stereocenters. The molecule has 0 aliphatic rings. The highest BCUT2D eigenvalue weighted by Gasteiger charge is 2.15. The largest absolute Gasteiger partial charge is 0.493 e. The van der Waals surface area contributed by atoms with E-state index in [1.54, 1.807) is 30.3 Å². The van der Waals surface area contributed by atoms with Gasteiger partial charge in [-0.3, -0.25) is 14.4 Å². The van der Waals surface area contributed by atoms with Gasteiger partial charge in [0.25, 0.3) is 5.91 Å². The van der Waals surface area contributed by atoms with Crippen molar-refractivity contribution < 1.29 is 23.9 Å². The smallest absolute Gasteiger partial charge is 0.329 e. The summed E-state index contributed by atoms with van der Waals surface area (Å²) in [6.07, 6.45) is 1.33. The number of methoxy groups -OCH3 is 1. The Balaban J connectivity index is 1.59. The number of nitrogens with zero attached hydrogens (tertiary/aromatic N) is 1. The lowest BCUT2D eigenvalue weighted by Crippen LogP contribution is -2.32. The summed E-state index contributed by atoms with van der Waals surface area (Å²) < 4.78 is 11.6. The van der Waals surface area contributed by atoms with Crippen molar-refractivity contribution in [1.82, 2.24) is 5.43 Å². The molecule has 3 N–H and O–H groups in total. The first-order chi connectivity index (χ1) is 17.7. The highest BCUT2D eigenvalue weighted by molar-refractivity contribution is 9.10. The fourth-order valence-corrected chi connectivity index (χ4v) is 3.90. The van der Waals surface area contributed by atoms with Gasteiger partial charge in [0, 0.05) is 16.4 Å². The van der Waals surface area contributed by atoms with Crippen LogP contribution >= 0.6 is 27.5 Å². The van der Waals surface area contributed by atoms with E-state index in [1.165, 1.54) is 19.4 Å². The molecule has 0 unspecified atom stereocenters. The van der Waals surface area contributed by atoms with Crippen LogP contribution in [0.15, 0.2) is 64.2 Å². The summed E-state index contributed by atoms with van der Waals surface area (Å²) in [5.74, 6) is -1.54. The molecule has 0 spiro atoms. The standard InChI is InChI=1S/C26H24BrClN4O5/c1-15-6-4-9-21(16(15)2)31-23(33)14-37-24-20(27)10-17(11-22(24)36-3)13-29-32-26(35)25(34)30-19-8-5-7-18(28)12-19/h4-13H,14H2,1-3H3,(H,30,34)(H,31,33)(H,32,35)/b29-13-. The zero-order chi connectivity index (χ0) is 26.9. The zero-order valence-electron chi connectivity index (χ0n) is 20.2.